The van der Waals surface area contributed by atoms with E-state index in [4.69, 9.17) is 4.74 Å². The molecule has 1 aliphatic carbocycles. The van der Waals surface area contributed by atoms with Crippen molar-refractivity contribution in [1.29, 1.82) is 0 Å². The molecule has 1 heterocycles. The number of alkyl halides is 6. The van der Waals surface area contributed by atoms with E-state index in [1.54, 1.807) is 0 Å². The number of hydrogen-bond donors (Lipinski definition) is 2. The molecule has 12 heteroatoms. The van der Waals surface area contributed by atoms with E-state index in [0.717, 1.165) is 12.1 Å². The lowest BCUT2D eigenvalue weighted by molar-refractivity contribution is -0.256. The Labute approximate surface area is 187 Å². The van der Waals surface area contributed by atoms with E-state index in [0.29, 0.717) is 6.07 Å². The van der Waals surface area contributed by atoms with Crippen LogP contribution < -0.4 is 5.32 Å². The number of carbonyl (C=O) groups excluding carboxylic acids is 2. The number of aliphatic hydroxyl groups is 1. The molecule has 2 aliphatic rings. The van der Waals surface area contributed by atoms with Crippen LogP contribution in [0.15, 0.2) is 42.5 Å². The van der Waals surface area contributed by atoms with Gasteiger partial charge in [0.05, 0.1) is 11.1 Å². The Morgan fingerprint density at radius 2 is 1.71 bits per heavy atom. The molecular formula is C22H16F7NO4. The summed E-state index contributed by atoms with van der Waals surface area (Å²) in [5, 5.41) is 12.4. The number of rotatable bonds is 5. The quantitative estimate of drug-likeness (QED) is 0.476. The van der Waals surface area contributed by atoms with Crippen molar-refractivity contribution in [3.8, 4) is 0 Å². The summed E-state index contributed by atoms with van der Waals surface area (Å²) in [7, 11) is 0. The molecular weight excluding hydrogens is 475 g/mol. The molecule has 5 nitrogen and oxygen atoms in total. The first-order valence-electron chi connectivity index (χ1n) is 9.96. The van der Waals surface area contributed by atoms with Gasteiger partial charge in [-0.3, -0.25) is 4.79 Å². The third-order valence-electron chi connectivity index (χ3n) is 6.12. The number of amides is 1. The molecule has 2 atom stereocenters. The van der Waals surface area contributed by atoms with Crippen LogP contribution in [0.4, 0.5) is 30.7 Å². The highest BCUT2D eigenvalue weighted by Gasteiger charge is 2.66. The molecule has 34 heavy (non-hydrogen) atoms. The fourth-order valence-corrected chi connectivity index (χ4v) is 4.14. The number of benzene rings is 2. The zero-order chi connectivity index (χ0) is 25.1. The summed E-state index contributed by atoms with van der Waals surface area (Å²) in [6.07, 6.45) is -14.1. The summed E-state index contributed by atoms with van der Waals surface area (Å²) in [5.74, 6) is -4.63. The second kappa shape index (κ2) is 7.69. The van der Waals surface area contributed by atoms with Crippen LogP contribution in [0.3, 0.4) is 0 Å². The molecule has 0 saturated heterocycles. The Morgan fingerprint density at radius 1 is 1.06 bits per heavy atom. The van der Waals surface area contributed by atoms with Gasteiger partial charge in [0, 0.05) is 17.4 Å². The van der Waals surface area contributed by atoms with Gasteiger partial charge in [-0.25, -0.2) is 9.18 Å². The predicted molar refractivity (Wildman–Crippen MR) is 101 cm³/mol. The molecule has 182 valence electrons. The summed E-state index contributed by atoms with van der Waals surface area (Å²) in [6, 6.07) is 7.78. The van der Waals surface area contributed by atoms with Crippen LogP contribution in [-0.2, 0) is 21.1 Å². The van der Waals surface area contributed by atoms with Crippen LogP contribution in [-0.4, -0.2) is 28.8 Å². The highest BCUT2D eigenvalue weighted by molar-refractivity contribution is 5.95. The van der Waals surface area contributed by atoms with Gasteiger partial charge < -0.3 is 15.2 Å². The maximum absolute atomic E-state index is 14.7. The lowest BCUT2D eigenvalue weighted by Crippen LogP contribution is -2.59. The standard InChI is InChI=1S/C22H16F7NO4/c23-15-13(6-3-7-14(15)21(24,25)26)19(8-9-19)10-20(33,22(27,28)29)18(32)30-16-11-4-1-2-5-12(11)17(31)34-16/h1-7,16,33H,8-10H2,(H,30,32). The Bertz CT molecular complexity index is 1160. The molecule has 1 fully saturated rings. The van der Waals surface area contributed by atoms with Crippen molar-refractivity contribution < 1.29 is 50.2 Å². The second-order valence-electron chi connectivity index (χ2n) is 8.33. The van der Waals surface area contributed by atoms with Crippen molar-refractivity contribution in [2.24, 2.45) is 0 Å². The van der Waals surface area contributed by atoms with Crippen molar-refractivity contribution in [2.45, 2.75) is 48.9 Å². The highest BCUT2D eigenvalue weighted by Crippen LogP contribution is 2.57. The third kappa shape index (κ3) is 3.89. The van der Waals surface area contributed by atoms with Crippen LogP contribution in [0, 0.1) is 5.82 Å². The zero-order valence-electron chi connectivity index (χ0n) is 17.1. The van der Waals surface area contributed by atoms with Crippen molar-refractivity contribution >= 4 is 11.9 Å². The van der Waals surface area contributed by atoms with E-state index in [1.807, 2.05) is 5.32 Å². The van der Waals surface area contributed by atoms with Crippen molar-refractivity contribution in [3.63, 3.8) is 0 Å². The lowest BCUT2D eigenvalue weighted by atomic mass is 9.81. The normalized spacial score (nSPS) is 20.8. The third-order valence-corrected chi connectivity index (χ3v) is 6.12. The number of fused-ring (bicyclic) bond motifs is 1. The Hall–Kier alpha value is -3.15. The maximum atomic E-state index is 14.7. The number of ether oxygens (including phenoxy) is 1. The fraction of sp³-hybridized carbons (Fsp3) is 0.364. The van der Waals surface area contributed by atoms with E-state index < -0.39 is 64.8 Å². The number of nitrogens with one attached hydrogen (secondary N) is 1. The Balaban J connectivity index is 1.66. The van der Waals surface area contributed by atoms with Gasteiger partial charge in [-0.2, -0.15) is 26.3 Å². The minimum Gasteiger partial charge on any atom is -0.434 e. The number of cyclic esters (lactones) is 1. The fourth-order valence-electron chi connectivity index (χ4n) is 4.14. The van der Waals surface area contributed by atoms with Gasteiger partial charge in [0.15, 0.2) is 0 Å². The van der Waals surface area contributed by atoms with Crippen LogP contribution in [0.1, 0.15) is 52.5 Å². The molecule has 0 radical (unpaired) electrons. The average molecular weight is 491 g/mol. The largest absolute Gasteiger partial charge is 0.434 e. The maximum Gasteiger partial charge on any atom is 0.426 e. The monoisotopic (exact) mass is 491 g/mol. The van der Waals surface area contributed by atoms with Gasteiger partial charge in [-0.15, -0.1) is 0 Å². The summed E-state index contributed by atoms with van der Waals surface area (Å²) in [4.78, 5) is 24.6. The molecule has 2 N–H and O–H groups in total. The molecule has 2 aromatic rings. The minimum absolute atomic E-state index is 0.00745. The Morgan fingerprint density at radius 3 is 2.29 bits per heavy atom. The van der Waals surface area contributed by atoms with Gasteiger partial charge in [0.25, 0.3) is 5.91 Å². The smallest absolute Gasteiger partial charge is 0.426 e. The van der Waals surface area contributed by atoms with Gasteiger partial charge in [-0.05, 0) is 30.5 Å². The van der Waals surface area contributed by atoms with Crippen molar-refractivity contribution in [3.05, 3.63) is 70.5 Å². The van der Waals surface area contributed by atoms with Crippen molar-refractivity contribution in [1.82, 2.24) is 5.32 Å². The minimum atomic E-state index is -5.58. The first-order valence-corrected chi connectivity index (χ1v) is 9.96. The van der Waals surface area contributed by atoms with E-state index in [9.17, 15) is 45.4 Å². The summed E-state index contributed by atoms with van der Waals surface area (Å²) in [5.41, 5.74) is -8.21. The first-order chi connectivity index (χ1) is 15.7. The molecule has 0 aromatic heterocycles. The van der Waals surface area contributed by atoms with E-state index in [-0.39, 0.29) is 24.0 Å². The molecule has 0 bridgehead atoms. The molecule has 1 saturated carbocycles. The molecule has 4 rings (SSSR count). The molecule has 2 aromatic carbocycles. The number of esters is 1. The van der Waals surface area contributed by atoms with Gasteiger partial charge in [-0.1, -0.05) is 30.3 Å². The molecule has 1 amide bonds. The van der Waals surface area contributed by atoms with Gasteiger partial charge in [0.2, 0.25) is 11.8 Å². The van der Waals surface area contributed by atoms with Crippen LogP contribution >= 0.6 is 0 Å². The lowest BCUT2D eigenvalue weighted by Gasteiger charge is -2.34. The average Bonchev–Trinajstić information content (AvgIpc) is 3.44. The second-order valence-corrected chi connectivity index (χ2v) is 8.33. The van der Waals surface area contributed by atoms with E-state index in [2.05, 4.69) is 0 Å². The highest BCUT2D eigenvalue weighted by atomic mass is 19.4. The van der Waals surface area contributed by atoms with Crippen LogP contribution in [0.5, 0.6) is 0 Å². The topological polar surface area (TPSA) is 75.6 Å². The summed E-state index contributed by atoms with van der Waals surface area (Å²) >= 11 is 0. The Kier molecular flexibility index (Phi) is 5.42. The van der Waals surface area contributed by atoms with Gasteiger partial charge in [0.1, 0.15) is 5.82 Å². The molecule has 2 unspecified atom stereocenters. The van der Waals surface area contributed by atoms with E-state index in [1.165, 1.54) is 24.3 Å². The van der Waals surface area contributed by atoms with Crippen molar-refractivity contribution in [2.75, 3.05) is 0 Å². The number of carbonyl (C=O) groups is 2. The van der Waals surface area contributed by atoms with Crippen LogP contribution in [0.2, 0.25) is 0 Å². The van der Waals surface area contributed by atoms with E-state index >= 15 is 0 Å². The predicted octanol–water partition coefficient (Wildman–Crippen LogP) is 4.55. The SMILES string of the molecule is O=C1OC(NC(=O)C(O)(CC2(c3cccc(C(F)(F)F)c3F)CC2)C(F)(F)F)c2ccccc21. The zero-order valence-corrected chi connectivity index (χ0v) is 17.1. The molecule has 0 spiro atoms. The van der Waals surface area contributed by atoms with Crippen LogP contribution in [0.25, 0.3) is 0 Å². The number of halogens is 7. The number of hydrogen-bond acceptors (Lipinski definition) is 4. The first kappa shape index (κ1) is 24.0. The summed E-state index contributed by atoms with van der Waals surface area (Å²) < 4.78 is 101. The summed E-state index contributed by atoms with van der Waals surface area (Å²) in [6.45, 7) is 0. The van der Waals surface area contributed by atoms with Gasteiger partial charge >= 0.3 is 18.3 Å². The molecule has 1 aliphatic heterocycles.